The Bertz CT molecular complexity index is 407. The van der Waals surface area contributed by atoms with Crippen LogP contribution in [0.5, 0.6) is 0 Å². The lowest BCUT2D eigenvalue weighted by Crippen LogP contribution is -2.21. The minimum absolute atomic E-state index is 0.421. The van der Waals surface area contributed by atoms with E-state index in [4.69, 9.17) is 0 Å². The first kappa shape index (κ1) is 12.9. The minimum Gasteiger partial charge on any atom is -0.138 e. The number of rotatable bonds is 4. The van der Waals surface area contributed by atoms with Crippen LogP contribution in [-0.4, -0.2) is 11.5 Å². The first-order valence-corrected chi connectivity index (χ1v) is 9.20. The molecule has 0 N–H and O–H groups in total. The molecule has 0 radical (unpaired) electrons. The SMILES string of the molecule is CCCCCC1Cc2ccccc2C12SCCS2. The number of hydrogen-bond acceptors (Lipinski definition) is 2. The first-order valence-electron chi connectivity index (χ1n) is 7.23. The Labute approximate surface area is 119 Å². The number of unbranched alkanes of at least 4 members (excludes halogenated alkanes) is 2. The first-order chi connectivity index (χ1) is 8.87. The highest BCUT2D eigenvalue weighted by Gasteiger charge is 2.49. The highest BCUT2D eigenvalue weighted by molar-refractivity contribution is 8.20. The van der Waals surface area contributed by atoms with Crippen molar-refractivity contribution in [3.8, 4) is 0 Å². The number of fused-ring (bicyclic) bond motifs is 2. The molecule has 0 amide bonds. The predicted octanol–water partition coefficient (Wildman–Crippen LogP) is 5.07. The zero-order valence-corrected chi connectivity index (χ0v) is 12.8. The van der Waals surface area contributed by atoms with E-state index in [-0.39, 0.29) is 0 Å². The van der Waals surface area contributed by atoms with Gasteiger partial charge in [-0.05, 0) is 29.9 Å². The summed E-state index contributed by atoms with van der Waals surface area (Å²) >= 11 is 4.45. The maximum absolute atomic E-state index is 2.39. The Hall–Kier alpha value is -0.0800. The lowest BCUT2D eigenvalue weighted by molar-refractivity contribution is 0.454. The van der Waals surface area contributed by atoms with E-state index in [9.17, 15) is 0 Å². The van der Waals surface area contributed by atoms with Gasteiger partial charge in [-0.25, -0.2) is 0 Å². The van der Waals surface area contributed by atoms with Crippen LogP contribution >= 0.6 is 23.5 Å². The molecule has 0 aromatic heterocycles. The van der Waals surface area contributed by atoms with Gasteiger partial charge in [-0.15, -0.1) is 23.5 Å². The maximum Gasteiger partial charge on any atom is 0.0894 e. The quantitative estimate of drug-likeness (QED) is 0.705. The van der Waals surface area contributed by atoms with Crippen molar-refractivity contribution < 1.29 is 0 Å². The molecule has 1 spiro atoms. The normalized spacial score (nSPS) is 24.6. The Morgan fingerprint density at radius 3 is 2.72 bits per heavy atom. The largest absolute Gasteiger partial charge is 0.138 e. The van der Waals surface area contributed by atoms with Gasteiger partial charge in [0.2, 0.25) is 0 Å². The van der Waals surface area contributed by atoms with E-state index in [0.717, 1.165) is 5.92 Å². The second-order valence-corrected chi connectivity index (χ2v) is 8.36. The molecule has 1 aliphatic carbocycles. The Kier molecular flexibility index (Phi) is 3.95. The molecule has 1 atom stereocenters. The molecular weight excluding hydrogens is 256 g/mol. The molecule has 1 unspecified atom stereocenters. The summed E-state index contributed by atoms with van der Waals surface area (Å²) in [5.74, 6) is 3.55. The Morgan fingerprint density at radius 1 is 1.17 bits per heavy atom. The van der Waals surface area contributed by atoms with E-state index in [1.54, 1.807) is 11.1 Å². The van der Waals surface area contributed by atoms with Crippen molar-refractivity contribution in [3.63, 3.8) is 0 Å². The van der Waals surface area contributed by atoms with E-state index in [1.807, 2.05) is 0 Å². The molecule has 0 nitrogen and oxygen atoms in total. The van der Waals surface area contributed by atoms with Crippen molar-refractivity contribution in [2.75, 3.05) is 11.5 Å². The molecule has 18 heavy (non-hydrogen) atoms. The molecule has 1 aromatic rings. The second kappa shape index (κ2) is 5.50. The summed E-state index contributed by atoms with van der Waals surface area (Å²) in [6.07, 6.45) is 6.89. The molecule has 1 heterocycles. The molecule has 98 valence electrons. The standard InChI is InChI=1S/C16H22S2/c1-2-3-4-8-14-12-13-7-5-6-9-15(13)16(14)17-10-11-18-16/h5-7,9,14H,2-4,8,10-12H2,1H3. The minimum atomic E-state index is 0.421. The van der Waals surface area contributed by atoms with Crippen LogP contribution in [0.25, 0.3) is 0 Å². The van der Waals surface area contributed by atoms with Gasteiger partial charge in [-0.2, -0.15) is 0 Å². The third-order valence-electron chi connectivity index (χ3n) is 4.27. The summed E-state index contributed by atoms with van der Waals surface area (Å²) in [6, 6.07) is 9.19. The van der Waals surface area contributed by atoms with Gasteiger partial charge < -0.3 is 0 Å². The van der Waals surface area contributed by atoms with E-state index in [0.29, 0.717) is 4.08 Å². The predicted molar refractivity (Wildman–Crippen MR) is 84.4 cm³/mol. The fourth-order valence-corrected chi connectivity index (χ4v) is 7.10. The Balaban J connectivity index is 1.84. The van der Waals surface area contributed by atoms with E-state index >= 15 is 0 Å². The molecule has 1 fully saturated rings. The third kappa shape index (κ3) is 2.12. The van der Waals surface area contributed by atoms with Crippen LogP contribution in [0.4, 0.5) is 0 Å². The highest BCUT2D eigenvalue weighted by atomic mass is 32.2. The topological polar surface area (TPSA) is 0 Å². The van der Waals surface area contributed by atoms with Crippen LogP contribution in [0, 0.1) is 5.92 Å². The van der Waals surface area contributed by atoms with Crippen LogP contribution in [0.3, 0.4) is 0 Å². The van der Waals surface area contributed by atoms with Crippen LogP contribution in [0.2, 0.25) is 0 Å². The molecule has 1 aliphatic heterocycles. The van der Waals surface area contributed by atoms with Crippen LogP contribution < -0.4 is 0 Å². The van der Waals surface area contributed by atoms with Gasteiger partial charge in [0.15, 0.2) is 0 Å². The van der Waals surface area contributed by atoms with E-state index in [1.165, 1.54) is 43.6 Å². The summed E-state index contributed by atoms with van der Waals surface area (Å²) in [7, 11) is 0. The van der Waals surface area contributed by atoms with E-state index < -0.39 is 0 Å². The van der Waals surface area contributed by atoms with Gasteiger partial charge in [0, 0.05) is 11.5 Å². The van der Waals surface area contributed by atoms with Gasteiger partial charge in [0.1, 0.15) is 0 Å². The van der Waals surface area contributed by atoms with Crippen molar-refractivity contribution >= 4 is 23.5 Å². The summed E-state index contributed by atoms with van der Waals surface area (Å²) < 4.78 is 0.421. The van der Waals surface area contributed by atoms with Gasteiger partial charge in [0.25, 0.3) is 0 Å². The van der Waals surface area contributed by atoms with Crippen LogP contribution in [-0.2, 0) is 10.5 Å². The van der Waals surface area contributed by atoms with Crippen molar-refractivity contribution in [2.45, 2.75) is 43.1 Å². The number of hydrogen-bond donors (Lipinski definition) is 0. The molecule has 0 saturated carbocycles. The number of thioether (sulfide) groups is 2. The van der Waals surface area contributed by atoms with E-state index in [2.05, 4.69) is 54.7 Å². The van der Waals surface area contributed by atoms with Crippen LogP contribution in [0.1, 0.15) is 43.7 Å². The molecule has 1 saturated heterocycles. The average molecular weight is 278 g/mol. The summed E-state index contributed by atoms with van der Waals surface area (Å²) in [6.45, 7) is 2.30. The molecule has 2 aliphatic rings. The lowest BCUT2D eigenvalue weighted by Gasteiger charge is -2.30. The van der Waals surface area contributed by atoms with Crippen LogP contribution in [0.15, 0.2) is 24.3 Å². The third-order valence-corrected chi connectivity index (χ3v) is 8.02. The average Bonchev–Trinajstić information content (AvgIpc) is 2.99. The van der Waals surface area contributed by atoms with Gasteiger partial charge in [-0.1, -0.05) is 50.5 Å². The fourth-order valence-electron chi connectivity index (χ4n) is 3.41. The zero-order chi connectivity index (χ0) is 12.4. The molecule has 2 heteroatoms. The highest BCUT2D eigenvalue weighted by Crippen LogP contribution is 2.62. The smallest absolute Gasteiger partial charge is 0.0894 e. The summed E-state index contributed by atoms with van der Waals surface area (Å²) in [5, 5.41) is 0. The zero-order valence-electron chi connectivity index (χ0n) is 11.2. The monoisotopic (exact) mass is 278 g/mol. The second-order valence-electron chi connectivity index (χ2n) is 5.42. The van der Waals surface area contributed by atoms with Crippen molar-refractivity contribution in [1.82, 2.24) is 0 Å². The van der Waals surface area contributed by atoms with Crippen molar-refractivity contribution in [3.05, 3.63) is 35.4 Å². The lowest BCUT2D eigenvalue weighted by atomic mass is 9.97. The Morgan fingerprint density at radius 2 is 1.94 bits per heavy atom. The molecule has 3 rings (SSSR count). The number of benzene rings is 1. The molecular formula is C16H22S2. The maximum atomic E-state index is 2.39. The fraction of sp³-hybridized carbons (Fsp3) is 0.625. The van der Waals surface area contributed by atoms with Gasteiger partial charge in [-0.3, -0.25) is 0 Å². The van der Waals surface area contributed by atoms with Crippen molar-refractivity contribution in [2.24, 2.45) is 5.92 Å². The molecule has 0 bridgehead atoms. The van der Waals surface area contributed by atoms with Gasteiger partial charge >= 0.3 is 0 Å². The van der Waals surface area contributed by atoms with Gasteiger partial charge in [0.05, 0.1) is 4.08 Å². The summed E-state index contributed by atoms with van der Waals surface area (Å²) in [5.41, 5.74) is 3.28. The summed E-state index contributed by atoms with van der Waals surface area (Å²) in [4.78, 5) is 0. The molecule has 1 aromatic carbocycles. The van der Waals surface area contributed by atoms with Crippen molar-refractivity contribution in [1.29, 1.82) is 0 Å².